The summed E-state index contributed by atoms with van der Waals surface area (Å²) < 4.78 is 2.18. The monoisotopic (exact) mass is 264 g/mol. The fourth-order valence-electron chi connectivity index (χ4n) is 2.58. The average Bonchev–Trinajstić information content (AvgIpc) is 2.78. The maximum atomic E-state index is 8.77. The Morgan fingerprint density at radius 1 is 1.15 bits per heavy atom. The number of oxime groups is 1. The fourth-order valence-corrected chi connectivity index (χ4v) is 2.58. The molecule has 0 unspecified atom stereocenters. The molecule has 0 saturated heterocycles. The maximum Gasteiger partial charge on any atom is 0.0755 e. The molecule has 3 aromatic rings. The highest BCUT2D eigenvalue weighted by Gasteiger charge is 2.07. The van der Waals surface area contributed by atoms with Gasteiger partial charge in [-0.1, -0.05) is 53.2 Å². The molecule has 0 bridgehead atoms. The van der Waals surface area contributed by atoms with Crippen LogP contribution in [0.4, 0.5) is 0 Å². The molecule has 20 heavy (non-hydrogen) atoms. The van der Waals surface area contributed by atoms with Crippen LogP contribution in [-0.2, 0) is 6.54 Å². The SMILES string of the molecule is Cc1cccc(Cn2cc(C=NO)c3ccccc32)c1. The molecule has 0 fully saturated rings. The lowest BCUT2D eigenvalue weighted by molar-refractivity contribution is 0.322. The molecule has 1 heterocycles. The minimum atomic E-state index is 0.807. The van der Waals surface area contributed by atoms with Crippen molar-refractivity contribution in [3.05, 3.63) is 71.4 Å². The van der Waals surface area contributed by atoms with Crippen molar-refractivity contribution in [1.82, 2.24) is 4.57 Å². The first kappa shape index (κ1) is 12.5. The summed E-state index contributed by atoms with van der Waals surface area (Å²) in [5, 5.41) is 13.0. The van der Waals surface area contributed by atoms with E-state index < -0.39 is 0 Å². The normalized spacial score (nSPS) is 11.4. The largest absolute Gasteiger partial charge is 0.411 e. The molecule has 0 aliphatic carbocycles. The number of para-hydroxylation sites is 1. The second-order valence-corrected chi connectivity index (χ2v) is 4.96. The predicted octanol–water partition coefficient (Wildman–Crippen LogP) is 3.81. The van der Waals surface area contributed by atoms with Crippen LogP contribution in [0.1, 0.15) is 16.7 Å². The van der Waals surface area contributed by atoms with E-state index in [9.17, 15) is 0 Å². The predicted molar refractivity (Wildman–Crippen MR) is 81.6 cm³/mol. The van der Waals surface area contributed by atoms with Crippen molar-refractivity contribution < 1.29 is 5.21 Å². The van der Waals surface area contributed by atoms with Crippen LogP contribution in [0.25, 0.3) is 10.9 Å². The molecule has 0 radical (unpaired) electrons. The molecule has 0 aliphatic rings. The van der Waals surface area contributed by atoms with E-state index in [4.69, 9.17) is 5.21 Å². The van der Waals surface area contributed by atoms with E-state index in [-0.39, 0.29) is 0 Å². The molecular weight excluding hydrogens is 248 g/mol. The quantitative estimate of drug-likeness (QED) is 0.436. The zero-order valence-electron chi connectivity index (χ0n) is 11.3. The molecule has 3 rings (SSSR count). The lowest BCUT2D eigenvalue weighted by Gasteiger charge is -2.06. The Labute approximate surface area is 117 Å². The fraction of sp³-hybridized carbons (Fsp3) is 0.118. The van der Waals surface area contributed by atoms with Gasteiger partial charge in [0.2, 0.25) is 0 Å². The van der Waals surface area contributed by atoms with Crippen molar-refractivity contribution in [2.45, 2.75) is 13.5 Å². The molecule has 3 heteroatoms. The van der Waals surface area contributed by atoms with Gasteiger partial charge in [0.15, 0.2) is 0 Å². The molecule has 1 aromatic heterocycles. The van der Waals surface area contributed by atoms with E-state index in [1.165, 1.54) is 17.3 Å². The third kappa shape index (κ3) is 2.30. The Morgan fingerprint density at radius 3 is 2.80 bits per heavy atom. The summed E-state index contributed by atoms with van der Waals surface area (Å²) in [6.07, 6.45) is 3.50. The Bertz CT molecular complexity index is 772. The third-order valence-corrected chi connectivity index (χ3v) is 3.45. The van der Waals surface area contributed by atoms with Gasteiger partial charge in [-0.25, -0.2) is 0 Å². The number of hydrogen-bond donors (Lipinski definition) is 1. The smallest absolute Gasteiger partial charge is 0.0755 e. The number of hydrogen-bond acceptors (Lipinski definition) is 2. The van der Waals surface area contributed by atoms with Crippen molar-refractivity contribution in [1.29, 1.82) is 0 Å². The van der Waals surface area contributed by atoms with Gasteiger partial charge >= 0.3 is 0 Å². The summed E-state index contributed by atoms with van der Waals surface area (Å²) in [5.74, 6) is 0. The van der Waals surface area contributed by atoms with Crippen LogP contribution in [0.5, 0.6) is 0 Å². The zero-order chi connectivity index (χ0) is 13.9. The summed E-state index contributed by atoms with van der Waals surface area (Å²) in [7, 11) is 0. The summed E-state index contributed by atoms with van der Waals surface area (Å²) in [5.41, 5.74) is 4.59. The van der Waals surface area contributed by atoms with Gasteiger partial charge in [-0.2, -0.15) is 0 Å². The van der Waals surface area contributed by atoms with E-state index in [1.54, 1.807) is 0 Å². The Kier molecular flexibility index (Phi) is 3.25. The second-order valence-electron chi connectivity index (χ2n) is 4.96. The number of benzene rings is 2. The summed E-state index contributed by atoms with van der Waals surface area (Å²) in [6, 6.07) is 16.6. The lowest BCUT2D eigenvalue weighted by Crippen LogP contribution is -1.98. The van der Waals surface area contributed by atoms with Gasteiger partial charge in [0.05, 0.1) is 6.21 Å². The highest BCUT2D eigenvalue weighted by molar-refractivity contribution is 5.99. The first-order valence-electron chi connectivity index (χ1n) is 6.59. The molecule has 0 aliphatic heterocycles. The average molecular weight is 264 g/mol. The van der Waals surface area contributed by atoms with Crippen LogP contribution >= 0.6 is 0 Å². The summed E-state index contributed by atoms with van der Waals surface area (Å²) in [4.78, 5) is 0. The number of rotatable bonds is 3. The van der Waals surface area contributed by atoms with Crippen molar-refractivity contribution in [3.63, 3.8) is 0 Å². The van der Waals surface area contributed by atoms with Gasteiger partial charge in [-0.05, 0) is 18.6 Å². The molecule has 0 atom stereocenters. The van der Waals surface area contributed by atoms with E-state index in [0.717, 1.165) is 23.0 Å². The van der Waals surface area contributed by atoms with Gasteiger partial charge in [-0.15, -0.1) is 0 Å². The van der Waals surface area contributed by atoms with Crippen molar-refractivity contribution in [2.75, 3.05) is 0 Å². The molecule has 0 saturated carbocycles. The van der Waals surface area contributed by atoms with Crippen LogP contribution in [0, 0.1) is 6.92 Å². The standard InChI is InChI=1S/C17H16N2O/c1-13-5-4-6-14(9-13)11-19-12-15(10-18-20)16-7-2-3-8-17(16)19/h2-10,12,20H,11H2,1H3. The Hall–Kier alpha value is -2.55. The van der Waals surface area contributed by atoms with Gasteiger partial charge in [0, 0.05) is 29.2 Å². The van der Waals surface area contributed by atoms with Gasteiger partial charge in [0.25, 0.3) is 0 Å². The number of fused-ring (bicyclic) bond motifs is 1. The minimum Gasteiger partial charge on any atom is -0.411 e. The van der Waals surface area contributed by atoms with E-state index in [2.05, 4.69) is 47.0 Å². The topological polar surface area (TPSA) is 37.5 Å². The van der Waals surface area contributed by atoms with Crippen LogP contribution in [0.3, 0.4) is 0 Å². The molecule has 100 valence electrons. The minimum absolute atomic E-state index is 0.807. The Balaban J connectivity index is 2.07. The summed E-state index contributed by atoms with van der Waals surface area (Å²) >= 11 is 0. The first-order chi connectivity index (χ1) is 9.78. The molecule has 1 N–H and O–H groups in total. The van der Waals surface area contributed by atoms with Gasteiger partial charge in [0.1, 0.15) is 0 Å². The highest BCUT2D eigenvalue weighted by atomic mass is 16.4. The van der Waals surface area contributed by atoms with Crippen LogP contribution in [-0.4, -0.2) is 16.0 Å². The first-order valence-corrected chi connectivity index (χ1v) is 6.59. The van der Waals surface area contributed by atoms with Gasteiger partial charge < -0.3 is 9.77 Å². The van der Waals surface area contributed by atoms with Crippen LogP contribution < -0.4 is 0 Å². The lowest BCUT2D eigenvalue weighted by atomic mass is 10.1. The molecule has 0 spiro atoms. The van der Waals surface area contributed by atoms with Crippen LogP contribution in [0.2, 0.25) is 0 Å². The maximum absolute atomic E-state index is 8.77. The summed E-state index contributed by atoms with van der Waals surface area (Å²) in [6.45, 7) is 2.91. The number of aryl methyl sites for hydroxylation is 1. The third-order valence-electron chi connectivity index (χ3n) is 3.45. The number of nitrogens with zero attached hydrogens (tertiary/aromatic N) is 2. The van der Waals surface area contributed by atoms with Crippen LogP contribution in [0.15, 0.2) is 59.9 Å². The van der Waals surface area contributed by atoms with E-state index in [0.29, 0.717) is 0 Å². The molecule has 3 nitrogen and oxygen atoms in total. The zero-order valence-corrected chi connectivity index (χ0v) is 11.3. The molecule has 2 aromatic carbocycles. The second kappa shape index (κ2) is 5.21. The highest BCUT2D eigenvalue weighted by Crippen LogP contribution is 2.21. The van der Waals surface area contributed by atoms with Gasteiger partial charge in [-0.3, -0.25) is 0 Å². The van der Waals surface area contributed by atoms with E-state index in [1.807, 2.05) is 24.4 Å². The van der Waals surface area contributed by atoms with E-state index >= 15 is 0 Å². The van der Waals surface area contributed by atoms with Crippen molar-refractivity contribution >= 4 is 17.1 Å². The molecular formula is C17H16N2O. The number of aromatic nitrogens is 1. The van der Waals surface area contributed by atoms with Crippen molar-refractivity contribution in [3.8, 4) is 0 Å². The Morgan fingerprint density at radius 2 is 2.00 bits per heavy atom. The molecule has 0 amide bonds. The van der Waals surface area contributed by atoms with Crippen molar-refractivity contribution in [2.24, 2.45) is 5.16 Å².